The summed E-state index contributed by atoms with van der Waals surface area (Å²) < 4.78 is 68.4. The number of alkyl halides is 5. The number of hydrogen-bond acceptors (Lipinski definition) is 4. The number of nitrogens with one attached hydrogen (secondary N) is 1. The van der Waals surface area contributed by atoms with E-state index in [1.54, 1.807) is 13.0 Å². The molecule has 0 aliphatic rings. The Morgan fingerprint density at radius 2 is 1.89 bits per heavy atom. The number of amides is 1. The van der Waals surface area contributed by atoms with Gasteiger partial charge in [-0.2, -0.15) is 22.0 Å². The predicted molar refractivity (Wildman–Crippen MR) is 90.3 cm³/mol. The van der Waals surface area contributed by atoms with Gasteiger partial charge in [0.1, 0.15) is 11.2 Å². The number of carbonyl (C=O) groups is 1. The van der Waals surface area contributed by atoms with E-state index in [9.17, 15) is 26.7 Å². The van der Waals surface area contributed by atoms with E-state index in [0.29, 0.717) is 17.3 Å². The summed E-state index contributed by atoms with van der Waals surface area (Å²) in [4.78, 5) is 19.9. The molecule has 1 N–H and O–H groups in total. The maximum atomic E-state index is 13.0. The molecule has 2 heterocycles. The van der Waals surface area contributed by atoms with E-state index in [1.165, 1.54) is 18.5 Å². The van der Waals surface area contributed by atoms with Gasteiger partial charge in [0.15, 0.2) is 5.75 Å². The zero-order valence-corrected chi connectivity index (χ0v) is 14.2. The summed E-state index contributed by atoms with van der Waals surface area (Å²) in [5.74, 6) is -1.21. The van der Waals surface area contributed by atoms with Gasteiger partial charge in [-0.3, -0.25) is 9.78 Å². The molecule has 1 aromatic carbocycles. The highest BCUT2D eigenvalue weighted by Crippen LogP contribution is 2.34. The van der Waals surface area contributed by atoms with Crippen molar-refractivity contribution in [3.05, 3.63) is 59.5 Å². The topological polar surface area (TPSA) is 64.1 Å². The van der Waals surface area contributed by atoms with Gasteiger partial charge in [0, 0.05) is 29.0 Å². The summed E-state index contributed by atoms with van der Waals surface area (Å²) in [6.07, 6.45) is -1.81. The Morgan fingerprint density at radius 1 is 1.14 bits per heavy atom. The summed E-state index contributed by atoms with van der Waals surface area (Å²) in [6.45, 7) is -1.56. The van der Waals surface area contributed by atoms with Crippen LogP contribution < -0.4 is 10.1 Å². The number of aromatic nitrogens is 2. The maximum absolute atomic E-state index is 13.0. The van der Waals surface area contributed by atoms with Crippen LogP contribution in [0.15, 0.2) is 42.7 Å². The highest BCUT2D eigenvalue weighted by atomic mass is 19.4. The van der Waals surface area contributed by atoms with E-state index in [-0.39, 0.29) is 10.9 Å². The molecule has 0 unspecified atom stereocenters. The lowest BCUT2D eigenvalue weighted by Crippen LogP contribution is -2.15. The molecule has 2 aromatic heterocycles. The molecule has 5 nitrogen and oxygen atoms in total. The number of fused-ring (bicyclic) bond motifs is 1. The number of benzene rings is 1. The third-order valence-electron chi connectivity index (χ3n) is 3.84. The summed E-state index contributed by atoms with van der Waals surface area (Å²) >= 11 is 0. The Kier molecular flexibility index (Phi) is 5.12. The van der Waals surface area contributed by atoms with E-state index in [4.69, 9.17) is 0 Å². The number of rotatable bonds is 4. The number of halogens is 5. The fourth-order valence-corrected chi connectivity index (χ4v) is 2.54. The first-order chi connectivity index (χ1) is 13.2. The SMILES string of the molecule is Cc1cnccc1NC(=O)c1ccc(OC(F)F)c2nc(C(F)(F)F)ccc12. The number of nitrogens with zero attached hydrogens (tertiary/aromatic N) is 2. The van der Waals surface area contributed by atoms with Gasteiger partial charge >= 0.3 is 12.8 Å². The Bertz CT molecular complexity index is 1040. The summed E-state index contributed by atoms with van der Waals surface area (Å²) in [5, 5.41) is 2.55. The van der Waals surface area contributed by atoms with Crippen molar-refractivity contribution in [3.8, 4) is 5.75 Å². The number of pyridine rings is 2. The van der Waals surface area contributed by atoms with Crippen LogP contribution in [0.5, 0.6) is 5.75 Å². The molecule has 0 aliphatic heterocycles. The fraction of sp³-hybridized carbons (Fsp3) is 0.167. The highest BCUT2D eigenvalue weighted by Gasteiger charge is 2.33. The van der Waals surface area contributed by atoms with Crippen molar-refractivity contribution in [3.63, 3.8) is 0 Å². The minimum absolute atomic E-state index is 0.0472. The van der Waals surface area contributed by atoms with Gasteiger partial charge in [-0.25, -0.2) is 4.98 Å². The third-order valence-corrected chi connectivity index (χ3v) is 3.84. The Labute approximate surface area is 155 Å². The van der Waals surface area contributed by atoms with Gasteiger partial charge in [0.25, 0.3) is 5.91 Å². The lowest BCUT2D eigenvalue weighted by molar-refractivity contribution is -0.140. The van der Waals surface area contributed by atoms with Gasteiger partial charge in [-0.15, -0.1) is 0 Å². The Morgan fingerprint density at radius 3 is 2.54 bits per heavy atom. The molecule has 0 bridgehead atoms. The van der Waals surface area contributed by atoms with E-state index in [1.807, 2.05) is 0 Å². The van der Waals surface area contributed by atoms with Crippen LogP contribution in [-0.2, 0) is 6.18 Å². The molecule has 1 amide bonds. The van der Waals surface area contributed by atoms with Gasteiger partial charge in [0.05, 0.1) is 0 Å². The lowest BCUT2D eigenvalue weighted by Gasteiger charge is -2.14. The van der Waals surface area contributed by atoms with E-state index < -0.39 is 35.7 Å². The van der Waals surface area contributed by atoms with Crippen LogP contribution in [0, 0.1) is 6.92 Å². The Hall–Kier alpha value is -3.30. The highest BCUT2D eigenvalue weighted by molar-refractivity contribution is 6.13. The molecule has 146 valence electrons. The molecule has 0 spiro atoms. The second-order valence-corrected chi connectivity index (χ2v) is 5.72. The molecule has 0 saturated carbocycles. The van der Waals surface area contributed by atoms with Crippen LogP contribution in [-0.4, -0.2) is 22.5 Å². The van der Waals surface area contributed by atoms with Crippen molar-refractivity contribution < 1.29 is 31.5 Å². The number of ether oxygens (including phenoxy) is 1. The molecule has 10 heteroatoms. The van der Waals surface area contributed by atoms with Crippen molar-refractivity contribution in [2.24, 2.45) is 0 Å². The van der Waals surface area contributed by atoms with Gasteiger partial charge in [-0.1, -0.05) is 0 Å². The number of anilines is 1. The molecule has 3 aromatic rings. The molecule has 0 radical (unpaired) electrons. The van der Waals surface area contributed by atoms with Crippen molar-refractivity contribution in [2.75, 3.05) is 5.32 Å². The van der Waals surface area contributed by atoms with E-state index in [0.717, 1.165) is 12.1 Å². The summed E-state index contributed by atoms with van der Waals surface area (Å²) in [6, 6.07) is 5.38. The maximum Gasteiger partial charge on any atom is 0.433 e. The van der Waals surface area contributed by atoms with Crippen LogP contribution in [0.25, 0.3) is 10.9 Å². The molecule has 3 rings (SSSR count). The number of hydrogen-bond donors (Lipinski definition) is 1. The van der Waals surface area contributed by atoms with Gasteiger partial charge in [0.2, 0.25) is 0 Å². The zero-order valence-electron chi connectivity index (χ0n) is 14.2. The number of carbonyl (C=O) groups excluding carboxylic acids is 1. The normalized spacial score (nSPS) is 11.7. The molecule has 0 atom stereocenters. The Balaban J connectivity index is 2.10. The van der Waals surface area contributed by atoms with Crippen LogP contribution in [0.4, 0.5) is 27.6 Å². The monoisotopic (exact) mass is 397 g/mol. The average molecular weight is 397 g/mol. The summed E-state index contributed by atoms with van der Waals surface area (Å²) in [7, 11) is 0. The van der Waals surface area contributed by atoms with Gasteiger partial charge < -0.3 is 10.1 Å². The standard InChI is InChI=1S/C18H12F5N3O2/c1-9-8-24-7-6-12(9)25-16(27)11-2-4-13(28-17(19)20)15-10(11)3-5-14(26-15)18(21,22)23/h2-8,17H,1H3,(H,24,25,27). The largest absolute Gasteiger partial charge is 0.433 e. The summed E-state index contributed by atoms with van der Waals surface area (Å²) in [5.41, 5.74) is -0.721. The minimum Gasteiger partial charge on any atom is -0.432 e. The fourth-order valence-electron chi connectivity index (χ4n) is 2.54. The van der Waals surface area contributed by atoms with Crippen molar-refractivity contribution in [1.29, 1.82) is 0 Å². The first kappa shape index (κ1) is 19.5. The zero-order chi connectivity index (χ0) is 20.5. The second-order valence-electron chi connectivity index (χ2n) is 5.72. The molecule has 28 heavy (non-hydrogen) atoms. The average Bonchev–Trinajstić information content (AvgIpc) is 2.62. The van der Waals surface area contributed by atoms with E-state index in [2.05, 4.69) is 20.0 Å². The first-order valence-electron chi connectivity index (χ1n) is 7.84. The van der Waals surface area contributed by atoms with Crippen LogP contribution in [0.2, 0.25) is 0 Å². The minimum atomic E-state index is -4.79. The van der Waals surface area contributed by atoms with Crippen molar-refractivity contribution in [2.45, 2.75) is 19.7 Å². The van der Waals surface area contributed by atoms with E-state index >= 15 is 0 Å². The van der Waals surface area contributed by atoms with Crippen molar-refractivity contribution >= 4 is 22.5 Å². The second kappa shape index (κ2) is 7.37. The molecule has 0 fully saturated rings. The first-order valence-corrected chi connectivity index (χ1v) is 7.84. The molecular weight excluding hydrogens is 385 g/mol. The number of aryl methyl sites for hydroxylation is 1. The molecule has 0 aliphatic carbocycles. The lowest BCUT2D eigenvalue weighted by atomic mass is 10.1. The van der Waals surface area contributed by atoms with Crippen LogP contribution >= 0.6 is 0 Å². The predicted octanol–water partition coefficient (Wildman–Crippen LogP) is 4.81. The smallest absolute Gasteiger partial charge is 0.432 e. The van der Waals surface area contributed by atoms with Crippen LogP contribution in [0.1, 0.15) is 21.6 Å². The van der Waals surface area contributed by atoms with Crippen molar-refractivity contribution in [1.82, 2.24) is 9.97 Å². The third kappa shape index (κ3) is 4.00. The van der Waals surface area contributed by atoms with Crippen LogP contribution in [0.3, 0.4) is 0 Å². The quantitative estimate of drug-likeness (QED) is 0.642. The van der Waals surface area contributed by atoms with Gasteiger partial charge in [-0.05, 0) is 42.8 Å². The molecular formula is C18H12F5N3O2. The molecule has 0 saturated heterocycles.